The van der Waals surface area contributed by atoms with Gasteiger partial charge in [-0.1, -0.05) is 34.1 Å². The van der Waals surface area contributed by atoms with E-state index in [1.54, 1.807) is 6.92 Å². The van der Waals surface area contributed by atoms with Crippen molar-refractivity contribution in [2.24, 2.45) is 0 Å². The summed E-state index contributed by atoms with van der Waals surface area (Å²) >= 11 is 3.50. The molecule has 0 aliphatic carbocycles. The molecule has 0 aliphatic heterocycles. The van der Waals surface area contributed by atoms with Crippen molar-refractivity contribution in [3.05, 3.63) is 76.7 Å². The van der Waals surface area contributed by atoms with E-state index >= 15 is 0 Å². The molecule has 0 bridgehead atoms. The van der Waals surface area contributed by atoms with Gasteiger partial charge in [0.1, 0.15) is 5.58 Å². The first-order chi connectivity index (χ1) is 12.7. The second-order valence-corrected chi connectivity index (χ2v) is 6.93. The second-order valence-electron chi connectivity index (χ2n) is 6.02. The van der Waals surface area contributed by atoms with E-state index in [0.29, 0.717) is 18.7 Å². The highest BCUT2D eigenvalue weighted by Crippen LogP contribution is 2.29. The molecule has 0 radical (unpaired) electrons. The van der Waals surface area contributed by atoms with Gasteiger partial charge in [0.05, 0.1) is 12.2 Å². The van der Waals surface area contributed by atoms with E-state index in [-0.39, 0.29) is 5.76 Å². The lowest BCUT2D eigenvalue weighted by molar-refractivity contribution is -0.686. The fourth-order valence-corrected chi connectivity index (χ4v) is 3.46. The zero-order chi connectivity index (χ0) is 18.1. The van der Waals surface area contributed by atoms with Crippen molar-refractivity contribution < 1.29 is 18.5 Å². The molecule has 2 heterocycles. The third kappa shape index (κ3) is 3.10. The number of nitrogens with zero attached hydrogens (tertiary/aromatic N) is 1. The summed E-state index contributed by atoms with van der Waals surface area (Å²) in [5.74, 6) is -0.170. The van der Waals surface area contributed by atoms with Crippen LogP contribution in [0.5, 0.6) is 0 Å². The number of carbonyl (C=O) groups excluding carboxylic acids is 1. The lowest BCUT2D eigenvalue weighted by Gasteiger charge is -2.02. The summed E-state index contributed by atoms with van der Waals surface area (Å²) in [6.07, 6.45) is 4.08. The average Bonchev–Trinajstić information content (AvgIpc) is 3.00. The van der Waals surface area contributed by atoms with Crippen LogP contribution in [0.4, 0.5) is 0 Å². The number of halogens is 1. The molecule has 2 aromatic carbocycles. The summed E-state index contributed by atoms with van der Waals surface area (Å²) in [7, 11) is 0. The van der Waals surface area contributed by atoms with Crippen LogP contribution in [0, 0.1) is 0 Å². The van der Waals surface area contributed by atoms with E-state index < -0.39 is 5.97 Å². The van der Waals surface area contributed by atoms with Crippen LogP contribution in [-0.4, -0.2) is 12.6 Å². The van der Waals surface area contributed by atoms with Gasteiger partial charge >= 0.3 is 5.97 Å². The summed E-state index contributed by atoms with van der Waals surface area (Å²) in [5.41, 5.74) is 1.49. The van der Waals surface area contributed by atoms with Gasteiger partial charge in [-0.25, -0.2) is 4.79 Å². The van der Waals surface area contributed by atoms with Crippen molar-refractivity contribution in [3.8, 4) is 0 Å². The Labute approximate surface area is 159 Å². The van der Waals surface area contributed by atoms with E-state index in [0.717, 1.165) is 20.8 Å². The Morgan fingerprint density at radius 1 is 1.15 bits per heavy atom. The van der Waals surface area contributed by atoms with Gasteiger partial charge in [-0.15, -0.1) is 0 Å². The average molecular weight is 411 g/mol. The molecule has 26 heavy (non-hydrogen) atoms. The van der Waals surface area contributed by atoms with Crippen LogP contribution in [0.1, 0.15) is 23.0 Å². The maximum absolute atomic E-state index is 12.4. The maximum Gasteiger partial charge on any atom is 0.374 e. The van der Waals surface area contributed by atoms with Crippen LogP contribution < -0.4 is 4.57 Å². The molecule has 0 unspecified atom stereocenters. The third-order valence-corrected chi connectivity index (χ3v) is 4.79. The Balaban J connectivity index is 1.83. The molecular formula is C21H17BrNO3+. The zero-order valence-corrected chi connectivity index (χ0v) is 15.8. The minimum atomic E-state index is -0.434. The molecule has 4 aromatic rings. The SMILES string of the molecule is CCOC(=O)c1oc2ccc(Br)cc2c1C[n+]1ccc2ccccc2c1. The molecule has 0 saturated heterocycles. The van der Waals surface area contributed by atoms with E-state index in [2.05, 4.69) is 44.9 Å². The third-order valence-electron chi connectivity index (χ3n) is 4.30. The van der Waals surface area contributed by atoms with E-state index in [1.165, 1.54) is 5.39 Å². The first-order valence-electron chi connectivity index (χ1n) is 8.41. The van der Waals surface area contributed by atoms with Crippen molar-refractivity contribution in [2.45, 2.75) is 13.5 Å². The molecule has 0 amide bonds. The number of fused-ring (bicyclic) bond motifs is 2. The maximum atomic E-state index is 12.4. The molecule has 4 rings (SSSR count). The monoisotopic (exact) mass is 410 g/mol. The Morgan fingerprint density at radius 3 is 2.77 bits per heavy atom. The lowest BCUT2D eigenvalue weighted by atomic mass is 10.1. The lowest BCUT2D eigenvalue weighted by Crippen LogP contribution is -2.33. The van der Waals surface area contributed by atoms with Gasteiger partial charge in [0.25, 0.3) is 0 Å². The van der Waals surface area contributed by atoms with Crippen molar-refractivity contribution in [2.75, 3.05) is 6.61 Å². The highest BCUT2D eigenvalue weighted by Gasteiger charge is 2.24. The van der Waals surface area contributed by atoms with Crippen molar-refractivity contribution >= 4 is 43.6 Å². The molecular weight excluding hydrogens is 394 g/mol. The van der Waals surface area contributed by atoms with Gasteiger partial charge in [-0.2, -0.15) is 4.57 Å². The van der Waals surface area contributed by atoms with Crippen LogP contribution in [0.25, 0.3) is 21.7 Å². The summed E-state index contributed by atoms with van der Waals surface area (Å²) in [6.45, 7) is 2.61. The van der Waals surface area contributed by atoms with Crippen molar-refractivity contribution in [1.29, 1.82) is 0 Å². The number of benzene rings is 2. The number of pyridine rings is 1. The van der Waals surface area contributed by atoms with Crippen LogP contribution in [-0.2, 0) is 11.3 Å². The summed E-state index contributed by atoms with van der Waals surface area (Å²) in [6, 6.07) is 16.0. The van der Waals surface area contributed by atoms with Gasteiger partial charge in [0, 0.05) is 21.3 Å². The number of furan rings is 1. The minimum absolute atomic E-state index is 0.264. The number of esters is 1. The summed E-state index contributed by atoms with van der Waals surface area (Å²) in [5, 5.41) is 3.22. The minimum Gasteiger partial charge on any atom is -0.460 e. The van der Waals surface area contributed by atoms with Crippen LogP contribution in [0.2, 0.25) is 0 Å². The number of ether oxygens (including phenoxy) is 1. The van der Waals surface area contributed by atoms with Gasteiger partial charge in [-0.05, 0) is 36.6 Å². The molecule has 0 atom stereocenters. The quantitative estimate of drug-likeness (QED) is 0.356. The normalized spacial score (nSPS) is 11.2. The molecule has 130 valence electrons. The number of hydrogen-bond donors (Lipinski definition) is 0. The largest absolute Gasteiger partial charge is 0.460 e. The predicted octanol–water partition coefficient (Wildman–Crippen LogP) is 4.86. The number of hydrogen-bond acceptors (Lipinski definition) is 3. The Hall–Kier alpha value is -2.66. The van der Waals surface area contributed by atoms with Crippen LogP contribution in [0.3, 0.4) is 0 Å². The van der Waals surface area contributed by atoms with E-state index in [9.17, 15) is 4.79 Å². The fourth-order valence-electron chi connectivity index (χ4n) is 3.10. The standard InChI is InChI=1S/C21H17BrNO3/c1-2-25-21(24)20-18(17-11-16(22)7-8-19(17)26-20)13-23-10-9-14-5-3-4-6-15(14)12-23/h3-12H,2,13H2,1H3/q+1. The molecule has 0 aliphatic rings. The smallest absolute Gasteiger partial charge is 0.374 e. The molecule has 5 heteroatoms. The Bertz CT molecular complexity index is 1120. The number of carbonyl (C=O) groups is 1. The number of rotatable bonds is 4. The summed E-state index contributed by atoms with van der Waals surface area (Å²) in [4.78, 5) is 12.4. The molecule has 0 N–H and O–H groups in total. The fraction of sp³-hybridized carbons (Fsp3) is 0.143. The Kier molecular flexibility index (Phi) is 4.47. The van der Waals surface area contributed by atoms with Crippen molar-refractivity contribution in [3.63, 3.8) is 0 Å². The van der Waals surface area contributed by atoms with Gasteiger partial charge in [-0.3, -0.25) is 0 Å². The molecule has 0 fully saturated rings. The highest BCUT2D eigenvalue weighted by atomic mass is 79.9. The van der Waals surface area contributed by atoms with Crippen LogP contribution >= 0.6 is 15.9 Å². The van der Waals surface area contributed by atoms with E-state index in [4.69, 9.17) is 9.15 Å². The van der Waals surface area contributed by atoms with Gasteiger partial charge in [0.15, 0.2) is 18.9 Å². The highest BCUT2D eigenvalue weighted by molar-refractivity contribution is 9.10. The molecule has 0 saturated carbocycles. The topological polar surface area (TPSA) is 43.3 Å². The van der Waals surface area contributed by atoms with Crippen molar-refractivity contribution in [1.82, 2.24) is 0 Å². The molecule has 4 nitrogen and oxygen atoms in total. The molecule has 2 aromatic heterocycles. The van der Waals surface area contributed by atoms with Gasteiger partial charge < -0.3 is 9.15 Å². The zero-order valence-electron chi connectivity index (χ0n) is 14.2. The number of aromatic nitrogens is 1. The van der Waals surface area contributed by atoms with Crippen LogP contribution in [0.15, 0.2) is 69.8 Å². The second kappa shape index (κ2) is 6.92. The summed E-state index contributed by atoms with van der Waals surface area (Å²) < 4.78 is 14.0. The first kappa shape index (κ1) is 16.8. The first-order valence-corrected chi connectivity index (χ1v) is 9.21. The Morgan fingerprint density at radius 2 is 1.96 bits per heavy atom. The van der Waals surface area contributed by atoms with E-state index in [1.807, 2.05) is 36.5 Å². The molecule has 0 spiro atoms. The van der Waals surface area contributed by atoms with Gasteiger partial charge in [0.2, 0.25) is 5.76 Å². The predicted molar refractivity (Wildman–Crippen MR) is 103 cm³/mol.